The summed E-state index contributed by atoms with van der Waals surface area (Å²) in [5.41, 5.74) is 5.23. The maximum absolute atomic E-state index is 11.5. The zero-order valence-electron chi connectivity index (χ0n) is 9.88. The summed E-state index contributed by atoms with van der Waals surface area (Å²) in [5, 5.41) is 3.34. The average molecular weight is 214 g/mol. The van der Waals surface area contributed by atoms with E-state index in [4.69, 9.17) is 10.5 Å². The summed E-state index contributed by atoms with van der Waals surface area (Å²) in [7, 11) is 1.42. The summed E-state index contributed by atoms with van der Waals surface area (Å²) in [6.07, 6.45) is 4.16. The lowest BCUT2D eigenvalue weighted by molar-refractivity contribution is -0.147. The lowest BCUT2D eigenvalue weighted by atomic mass is 9.90. The van der Waals surface area contributed by atoms with Crippen LogP contribution in [0.5, 0.6) is 0 Å². The number of rotatable bonds is 3. The molecule has 0 amide bonds. The van der Waals surface area contributed by atoms with Gasteiger partial charge in [-0.25, -0.2) is 0 Å². The second kappa shape index (κ2) is 4.94. The van der Waals surface area contributed by atoms with Crippen LogP contribution in [0.4, 0.5) is 0 Å². The van der Waals surface area contributed by atoms with Crippen molar-refractivity contribution in [2.24, 2.45) is 5.73 Å². The van der Waals surface area contributed by atoms with Gasteiger partial charge >= 0.3 is 5.97 Å². The lowest BCUT2D eigenvalue weighted by Crippen LogP contribution is -2.53. The largest absolute Gasteiger partial charge is 0.468 e. The highest BCUT2D eigenvalue weighted by atomic mass is 16.5. The van der Waals surface area contributed by atoms with Gasteiger partial charge in [-0.15, -0.1) is 0 Å². The molecule has 0 atom stereocenters. The number of nitrogens with two attached hydrogens (primary N) is 1. The molecule has 0 aromatic heterocycles. The van der Waals surface area contributed by atoms with E-state index in [1.165, 1.54) is 7.11 Å². The van der Waals surface area contributed by atoms with E-state index < -0.39 is 5.54 Å². The van der Waals surface area contributed by atoms with Crippen molar-refractivity contribution in [3.8, 4) is 0 Å². The Bertz CT molecular complexity index is 221. The van der Waals surface area contributed by atoms with Crippen LogP contribution < -0.4 is 11.1 Å². The normalized spacial score (nSPS) is 27.5. The summed E-state index contributed by atoms with van der Waals surface area (Å²) in [6, 6.07) is 0.725. The van der Waals surface area contributed by atoms with Gasteiger partial charge in [0.15, 0.2) is 0 Å². The van der Waals surface area contributed by atoms with Crippen LogP contribution in [0.3, 0.4) is 0 Å². The summed E-state index contributed by atoms with van der Waals surface area (Å²) in [4.78, 5) is 11.5. The fourth-order valence-corrected chi connectivity index (χ4v) is 2.09. The summed E-state index contributed by atoms with van der Waals surface area (Å²) in [6.45, 7) is 3.71. The van der Waals surface area contributed by atoms with Gasteiger partial charge in [0.1, 0.15) is 5.54 Å². The molecule has 1 fully saturated rings. The first-order chi connectivity index (χ1) is 6.95. The van der Waals surface area contributed by atoms with E-state index in [1.54, 1.807) is 0 Å². The van der Waals surface area contributed by atoms with E-state index in [2.05, 4.69) is 5.32 Å². The highest BCUT2D eigenvalue weighted by Gasteiger charge is 2.32. The monoisotopic (exact) mass is 214 g/mol. The Kier molecular flexibility index (Phi) is 4.11. The fourth-order valence-electron chi connectivity index (χ4n) is 2.09. The fraction of sp³-hybridized carbons (Fsp3) is 0.909. The van der Waals surface area contributed by atoms with Gasteiger partial charge in [-0.3, -0.25) is 10.1 Å². The Morgan fingerprint density at radius 2 is 1.87 bits per heavy atom. The van der Waals surface area contributed by atoms with E-state index in [0.29, 0.717) is 12.1 Å². The maximum Gasteiger partial charge on any atom is 0.325 e. The number of nitrogens with one attached hydrogen (secondary N) is 1. The second-order valence-corrected chi connectivity index (χ2v) is 4.87. The van der Waals surface area contributed by atoms with Crippen molar-refractivity contribution in [2.45, 2.75) is 57.2 Å². The highest BCUT2D eigenvalue weighted by Crippen LogP contribution is 2.19. The average Bonchev–Trinajstić information content (AvgIpc) is 2.20. The van der Waals surface area contributed by atoms with Gasteiger partial charge in [0.05, 0.1) is 7.11 Å². The van der Waals surface area contributed by atoms with Crippen LogP contribution in [0.15, 0.2) is 0 Å². The van der Waals surface area contributed by atoms with Gasteiger partial charge in [-0.05, 0) is 39.5 Å². The van der Waals surface area contributed by atoms with Crippen LogP contribution in [-0.4, -0.2) is 30.7 Å². The molecule has 88 valence electrons. The smallest absolute Gasteiger partial charge is 0.325 e. The number of carbonyl (C=O) groups excluding carboxylic acids is 1. The van der Waals surface area contributed by atoms with Gasteiger partial charge in [0.25, 0.3) is 0 Å². The Hall–Kier alpha value is -0.610. The number of hydrogen-bond donors (Lipinski definition) is 2. The molecule has 0 unspecified atom stereocenters. The van der Waals surface area contributed by atoms with Gasteiger partial charge in [0.2, 0.25) is 0 Å². The molecule has 1 aliphatic rings. The number of carbonyl (C=O) groups is 1. The molecule has 1 aliphatic carbocycles. The van der Waals surface area contributed by atoms with Crippen LogP contribution in [0.2, 0.25) is 0 Å². The Balaban J connectivity index is 2.43. The quantitative estimate of drug-likeness (QED) is 0.682. The van der Waals surface area contributed by atoms with Crippen LogP contribution in [-0.2, 0) is 9.53 Å². The molecule has 0 heterocycles. The Morgan fingerprint density at radius 3 is 2.33 bits per heavy atom. The standard InChI is InChI=1S/C11H22N2O2/c1-11(2,10(14)15-3)13-9-6-4-8(12)5-7-9/h8-9,13H,4-7,12H2,1-3H3. The number of esters is 1. The minimum Gasteiger partial charge on any atom is -0.468 e. The van der Waals surface area contributed by atoms with E-state index in [1.807, 2.05) is 13.8 Å². The van der Waals surface area contributed by atoms with Crippen molar-refractivity contribution in [3.63, 3.8) is 0 Å². The van der Waals surface area contributed by atoms with Crippen molar-refractivity contribution in [3.05, 3.63) is 0 Å². The molecule has 4 nitrogen and oxygen atoms in total. The minimum atomic E-state index is -0.596. The Labute approximate surface area is 91.5 Å². The number of methoxy groups -OCH3 is 1. The van der Waals surface area contributed by atoms with E-state index in [0.717, 1.165) is 25.7 Å². The molecule has 0 aliphatic heterocycles. The minimum absolute atomic E-state index is 0.211. The first-order valence-electron chi connectivity index (χ1n) is 5.57. The van der Waals surface area contributed by atoms with Gasteiger partial charge in [-0.1, -0.05) is 0 Å². The summed E-state index contributed by atoms with van der Waals surface area (Å²) < 4.78 is 4.75. The molecular weight excluding hydrogens is 192 g/mol. The lowest BCUT2D eigenvalue weighted by Gasteiger charge is -2.33. The molecule has 1 rings (SSSR count). The summed E-state index contributed by atoms with van der Waals surface area (Å²) in [5.74, 6) is -0.211. The number of ether oxygens (including phenoxy) is 1. The first kappa shape index (κ1) is 12.5. The third-order valence-corrected chi connectivity index (χ3v) is 3.03. The van der Waals surface area contributed by atoms with Crippen LogP contribution in [0.25, 0.3) is 0 Å². The molecule has 15 heavy (non-hydrogen) atoms. The predicted molar refractivity (Wildman–Crippen MR) is 59.5 cm³/mol. The Morgan fingerprint density at radius 1 is 1.33 bits per heavy atom. The molecule has 0 aromatic rings. The molecule has 0 spiro atoms. The molecule has 3 N–H and O–H groups in total. The van der Waals surface area contributed by atoms with E-state index >= 15 is 0 Å². The van der Waals surface area contributed by atoms with Crippen LogP contribution in [0.1, 0.15) is 39.5 Å². The van der Waals surface area contributed by atoms with Crippen LogP contribution >= 0.6 is 0 Å². The SMILES string of the molecule is COC(=O)C(C)(C)NC1CCC(N)CC1. The number of hydrogen-bond acceptors (Lipinski definition) is 4. The topological polar surface area (TPSA) is 64.3 Å². The highest BCUT2D eigenvalue weighted by molar-refractivity contribution is 5.79. The third kappa shape index (κ3) is 3.47. The molecule has 0 aromatic carbocycles. The third-order valence-electron chi connectivity index (χ3n) is 3.03. The van der Waals surface area contributed by atoms with Gasteiger partial charge < -0.3 is 10.5 Å². The molecule has 1 saturated carbocycles. The first-order valence-corrected chi connectivity index (χ1v) is 5.57. The zero-order chi connectivity index (χ0) is 11.5. The van der Waals surface area contributed by atoms with Gasteiger partial charge in [-0.2, -0.15) is 0 Å². The van der Waals surface area contributed by atoms with E-state index in [-0.39, 0.29) is 5.97 Å². The molecule has 0 bridgehead atoms. The molecule has 4 heteroatoms. The van der Waals surface area contributed by atoms with Crippen molar-refractivity contribution in [2.75, 3.05) is 7.11 Å². The van der Waals surface area contributed by atoms with Crippen LogP contribution in [0, 0.1) is 0 Å². The second-order valence-electron chi connectivity index (χ2n) is 4.87. The van der Waals surface area contributed by atoms with Crippen molar-refractivity contribution >= 4 is 5.97 Å². The van der Waals surface area contributed by atoms with Crippen molar-refractivity contribution in [1.29, 1.82) is 0 Å². The van der Waals surface area contributed by atoms with Crippen molar-refractivity contribution in [1.82, 2.24) is 5.32 Å². The predicted octanol–water partition coefficient (Wildman–Crippen LogP) is 0.797. The van der Waals surface area contributed by atoms with E-state index in [9.17, 15) is 4.79 Å². The maximum atomic E-state index is 11.5. The summed E-state index contributed by atoms with van der Waals surface area (Å²) >= 11 is 0. The zero-order valence-corrected chi connectivity index (χ0v) is 9.88. The molecular formula is C11H22N2O2. The molecule has 0 radical (unpaired) electrons. The van der Waals surface area contributed by atoms with Crippen molar-refractivity contribution < 1.29 is 9.53 Å². The van der Waals surface area contributed by atoms with Gasteiger partial charge in [0, 0.05) is 12.1 Å². The molecule has 0 saturated heterocycles.